The lowest BCUT2D eigenvalue weighted by molar-refractivity contribution is 0.411. The van der Waals surface area contributed by atoms with E-state index >= 15 is 0 Å². The Morgan fingerprint density at radius 1 is 1.21 bits per heavy atom. The van der Waals surface area contributed by atoms with Crippen LogP contribution in [0.15, 0.2) is 35.2 Å². The van der Waals surface area contributed by atoms with Crippen LogP contribution in [0, 0.1) is 0 Å². The Labute approximate surface area is 109 Å². The molecule has 0 fully saturated rings. The first-order valence-electron chi connectivity index (χ1n) is 5.80. The minimum absolute atomic E-state index is 0.445. The molecule has 7 nitrogen and oxygen atoms in total. The van der Waals surface area contributed by atoms with Crippen LogP contribution in [-0.2, 0) is 6.54 Å². The highest BCUT2D eigenvalue weighted by atomic mass is 16.5. The van der Waals surface area contributed by atoms with Gasteiger partial charge in [-0.2, -0.15) is 9.97 Å². The van der Waals surface area contributed by atoms with Crippen LogP contribution < -0.4 is 10.6 Å². The summed E-state index contributed by atoms with van der Waals surface area (Å²) in [6.07, 6.45) is 1.30. The highest BCUT2D eigenvalue weighted by molar-refractivity contribution is 5.89. The van der Waals surface area contributed by atoms with Gasteiger partial charge in [0, 0.05) is 12.4 Å². The van der Waals surface area contributed by atoms with Crippen LogP contribution in [-0.4, -0.2) is 27.2 Å². The molecule has 2 N–H and O–H groups in total. The molecule has 0 saturated heterocycles. The van der Waals surface area contributed by atoms with Crippen LogP contribution in [0.3, 0.4) is 0 Å². The van der Waals surface area contributed by atoms with Gasteiger partial charge in [-0.3, -0.25) is 0 Å². The van der Waals surface area contributed by atoms with Crippen molar-refractivity contribution in [2.45, 2.75) is 6.54 Å². The third-order valence-corrected chi connectivity index (χ3v) is 2.65. The largest absolute Gasteiger partial charge is 0.362 e. The van der Waals surface area contributed by atoms with Crippen molar-refractivity contribution in [3.8, 4) is 0 Å². The Hall–Kier alpha value is -2.70. The smallest absolute Gasteiger partial charge is 0.224 e. The number of benzene rings is 1. The monoisotopic (exact) mass is 256 g/mol. The molecule has 0 aliphatic rings. The minimum atomic E-state index is 0.445. The molecule has 3 aromatic rings. The van der Waals surface area contributed by atoms with Gasteiger partial charge in [0.1, 0.15) is 5.82 Å². The summed E-state index contributed by atoms with van der Waals surface area (Å²) in [4.78, 5) is 12.7. The van der Waals surface area contributed by atoms with E-state index in [4.69, 9.17) is 0 Å². The predicted molar refractivity (Wildman–Crippen MR) is 70.7 cm³/mol. The first kappa shape index (κ1) is 11.4. The van der Waals surface area contributed by atoms with Crippen molar-refractivity contribution in [3.05, 3.63) is 36.5 Å². The fourth-order valence-corrected chi connectivity index (χ4v) is 1.76. The predicted octanol–water partition coefficient (Wildman–Crippen LogP) is 1.67. The van der Waals surface area contributed by atoms with Crippen molar-refractivity contribution in [1.29, 1.82) is 0 Å². The van der Waals surface area contributed by atoms with E-state index in [-0.39, 0.29) is 0 Å². The highest BCUT2D eigenvalue weighted by Crippen LogP contribution is 2.21. The fourth-order valence-electron chi connectivity index (χ4n) is 1.76. The molecule has 0 aliphatic carbocycles. The SMILES string of the molecule is CNc1nc(NCc2ncon2)c2ccccc2n1. The lowest BCUT2D eigenvalue weighted by atomic mass is 10.2. The Morgan fingerprint density at radius 3 is 2.89 bits per heavy atom. The molecule has 0 saturated carbocycles. The Morgan fingerprint density at radius 2 is 2.11 bits per heavy atom. The van der Waals surface area contributed by atoms with Crippen molar-refractivity contribution in [2.75, 3.05) is 17.7 Å². The van der Waals surface area contributed by atoms with Gasteiger partial charge < -0.3 is 15.2 Å². The standard InChI is InChI=1S/C12H12N6O/c1-13-12-16-9-5-3-2-4-8(9)11(17-12)14-6-10-15-7-19-18-10/h2-5,7H,6H2,1H3,(H2,13,14,16,17). The third-order valence-electron chi connectivity index (χ3n) is 2.65. The van der Waals surface area contributed by atoms with Gasteiger partial charge in [-0.15, -0.1) is 0 Å². The molecule has 2 aromatic heterocycles. The maximum Gasteiger partial charge on any atom is 0.224 e. The molecule has 7 heteroatoms. The van der Waals surface area contributed by atoms with Crippen LogP contribution in [0.5, 0.6) is 0 Å². The average molecular weight is 256 g/mol. The van der Waals surface area contributed by atoms with E-state index < -0.39 is 0 Å². The number of anilines is 2. The summed E-state index contributed by atoms with van der Waals surface area (Å²) in [6, 6.07) is 7.80. The molecule has 96 valence electrons. The minimum Gasteiger partial charge on any atom is -0.362 e. The van der Waals surface area contributed by atoms with E-state index in [1.807, 2.05) is 24.3 Å². The molecule has 3 rings (SSSR count). The number of hydrogen-bond acceptors (Lipinski definition) is 7. The van der Waals surface area contributed by atoms with Gasteiger partial charge in [0.05, 0.1) is 12.1 Å². The second-order valence-electron chi connectivity index (χ2n) is 3.86. The number of aromatic nitrogens is 4. The fraction of sp³-hybridized carbons (Fsp3) is 0.167. The van der Waals surface area contributed by atoms with E-state index in [0.29, 0.717) is 18.3 Å². The van der Waals surface area contributed by atoms with Gasteiger partial charge in [-0.05, 0) is 12.1 Å². The molecule has 0 atom stereocenters. The maximum atomic E-state index is 4.69. The van der Waals surface area contributed by atoms with Gasteiger partial charge in [-0.25, -0.2) is 4.98 Å². The van der Waals surface area contributed by atoms with Crippen LogP contribution in [0.25, 0.3) is 10.9 Å². The van der Waals surface area contributed by atoms with Crippen LogP contribution in [0.4, 0.5) is 11.8 Å². The molecule has 2 heterocycles. The summed E-state index contributed by atoms with van der Waals surface area (Å²) in [5.74, 6) is 1.88. The maximum absolute atomic E-state index is 4.69. The lowest BCUT2D eigenvalue weighted by Gasteiger charge is -2.09. The van der Waals surface area contributed by atoms with Crippen LogP contribution in [0.1, 0.15) is 5.82 Å². The first-order valence-corrected chi connectivity index (χ1v) is 5.80. The quantitative estimate of drug-likeness (QED) is 0.733. The molecule has 0 bridgehead atoms. The number of para-hydroxylation sites is 1. The van der Waals surface area contributed by atoms with E-state index in [0.717, 1.165) is 16.7 Å². The summed E-state index contributed by atoms with van der Waals surface area (Å²) >= 11 is 0. The summed E-state index contributed by atoms with van der Waals surface area (Å²) < 4.78 is 4.69. The lowest BCUT2D eigenvalue weighted by Crippen LogP contribution is -2.06. The van der Waals surface area contributed by atoms with Crippen molar-refractivity contribution >= 4 is 22.7 Å². The summed E-state index contributed by atoms with van der Waals surface area (Å²) in [7, 11) is 1.78. The normalized spacial score (nSPS) is 10.6. The van der Waals surface area contributed by atoms with E-state index in [2.05, 4.69) is 35.3 Å². The third kappa shape index (κ3) is 2.30. The molecule has 0 aliphatic heterocycles. The summed E-state index contributed by atoms with van der Waals surface area (Å²) in [6.45, 7) is 0.445. The number of rotatable bonds is 4. The molecular weight excluding hydrogens is 244 g/mol. The van der Waals surface area contributed by atoms with Crippen molar-refractivity contribution < 1.29 is 4.52 Å². The Balaban J connectivity index is 1.96. The number of nitrogens with zero attached hydrogens (tertiary/aromatic N) is 4. The van der Waals surface area contributed by atoms with Gasteiger partial charge in [0.15, 0.2) is 5.82 Å². The van der Waals surface area contributed by atoms with Gasteiger partial charge >= 0.3 is 0 Å². The zero-order valence-corrected chi connectivity index (χ0v) is 10.3. The molecule has 19 heavy (non-hydrogen) atoms. The summed E-state index contributed by atoms with van der Waals surface area (Å²) in [5, 5.41) is 10.8. The number of hydrogen-bond donors (Lipinski definition) is 2. The molecular formula is C12H12N6O. The molecule has 1 aromatic carbocycles. The van der Waals surface area contributed by atoms with E-state index in [1.54, 1.807) is 7.05 Å². The van der Waals surface area contributed by atoms with Gasteiger partial charge in [0.2, 0.25) is 12.3 Å². The first-order chi connectivity index (χ1) is 9.36. The van der Waals surface area contributed by atoms with Crippen LogP contribution >= 0.6 is 0 Å². The van der Waals surface area contributed by atoms with E-state index in [1.165, 1.54) is 6.39 Å². The van der Waals surface area contributed by atoms with E-state index in [9.17, 15) is 0 Å². The number of fused-ring (bicyclic) bond motifs is 1. The average Bonchev–Trinajstić information content (AvgIpc) is 2.97. The topological polar surface area (TPSA) is 88.8 Å². The zero-order chi connectivity index (χ0) is 13.1. The van der Waals surface area contributed by atoms with Gasteiger partial charge in [-0.1, -0.05) is 17.3 Å². The molecule has 0 amide bonds. The second kappa shape index (κ2) is 4.89. The van der Waals surface area contributed by atoms with Crippen molar-refractivity contribution in [1.82, 2.24) is 20.1 Å². The zero-order valence-electron chi connectivity index (χ0n) is 10.3. The Bertz CT molecular complexity index is 682. The Kier molecular flexibility index (Phi) is 2.93. The number of nitrogens with one attached hydrogen (secondary N) is 2. The summed E-state index contributed by atoms with van der Waals surface area (Å²) in [5.41, 5.74) is 0.873. The van der Waals surface area contributed by atoms with Crippen LogP contribution in [0.2, 0.25) is 0 Å². The second-order valence-corrected chi connectivity index (χ2v) is 3.86. The molecule has 0 unspecified atom stereocenters. The van der Waals surface area contributed by atoms with Gasteiger partial charge in [0.25, 0.3) is 0 Å². The van der Waals surface area contributed by atoms with Crippen molar-refractivity contribution in [3.63, 3.8) is 0 Å². The highest BCUT2D eigenvalue weighted by Gasteiger charge is 2.07. The molecule has 0 spiro atoms. The molecule has 0 radical (unpaired) electrons. The van der Waals surface area contributed by atoms with Crippen molar-refractivity contribution in [2.24, 2.45) is 0 Å².